The molecule has 0 saturated heterocycles. The second-order valence-electron chi connectivity index (χ2n) is 5.08. The summed E-state index contributed by atoms with van der Waals surface area (Å²) in [4.78, 5) is 1.38. The molecular formula is C14H21NOS. The molecule has 2 atom stereocenters. The van der Waals surface area contributed by atoms with E-state index >= 15 is 0 Å². The van der Waals surface area contributed by atoms with E-state index in [0.717, 1.165) is 12.2 Å². The minimum absolute atomic E-state index is 0.215. The van der Waals surface area contributed by atoms with Crippen LogP contribution in [0.5, 0.6) is 0 Å². The van der Waals surface area contributed by atoms with Gasteiger partial charge in [0.15, 0.2) is 0 Å². The van der Waals surface area contributed by atoms with E-state index in [1.54, 1.807) is 0 Å². The first-order valence-corrected chi connectivity index (χ1v) is 7.28. The van der Waals surface area contributed by atoms with E-state index in [4.69, 9.17) is 0 Å². The van der Waals surface area contributed by atoms with Crippen LogP contribution in [-0.4, -0.2) is 23.5 Å². The smallest absolute Gasteiger partial charge is 0.0584 e. The number of rotatable bonds is 5. The van der Waals surface area contributed by atoms with Gasteiger partial charge in [-0.25, -0.2) is 0 Å². The Morgan fingerprint density at radius 3 is 2.88 bits per heavy atom. The molecule has 0 aliphatic carbocycles. The standard InChI is InChI=1S/C14H21NOS/c1-10(2)7-11(8-16)15-13-9-17-14-6-4-3-5-12(13)14/h3-6,10-11,13,15-16H,7-9H2,1-2H3. The van der Waals surface area contributed by atoms with E-state index in [2.05, 4.69) is 43.4 Å². The number of benzene rings is 1. The van der Waals surface area contributed by atoms with Crippen LogP contribution in [-0.2, 0) is 0 Å². The van der Waals surface area contributed by atoms with Crippen LogP contribution >= 0.6 is 11.8 Å². The van der Waals surface area contributed by atoms with Crippen molar-refractivity contribution in [1.82, 2.24) is 5.32 Å². The highest BCUT2D eigenvalue weighted by atomic mass is 32.2. The molecule has 0 spiro atoms. The molecule has 2 unspecified atom stereocenters. The Morgan fingerprint density at radius 2 is 2.18 bits per heavy atom. The normalized spacial score (nSPS) is 20.6. The summed E-state index contributed by atoms with van der Waals surface area (Å²) in [5, 5.41) is 13.0. The van der Waals surface area contributed by atoms with E-state index < -0.39 is 0 Å². The minimum atomic E-state index is 0.215. The summed E-state index contributed by atoms with van der Waals surface area (Å²) in [5.41, 5.74) is 1.39. The van der Waals surface area contributed by atoms with Gasteiger partial charge in [0.05, 0.1) is 6.61 Å². The predicted molar refractivity (Wildman–Crippen MR) is 73.4 cm³/mol. The Bertz CT molecular complexity index is 367. The third-order valence-electron chi connectivity index (χ3n) is 3.11. The van der Waals surface area contributed by atoms with Crippen LogP contribution in [0.25, 0.3) is 0 Å². The lowest BCUT2D eigenvalue weighted by Crippen LogP contribution is -2.36. The fraction of sp³-hybridized carbons (Fsp3) is 0.571. The molecule has 0 amide bonds. The van der Waals surface area contributed by atoms with Crippen LogP contribution < -0.4 is 5.32 Å². The Kier molecular flexibility index (Phi) is 4.48. The molecule has 2 nitrogen and oxygen atoms in total. The number of nitrogens with one attached hydrogen (secondary N) is 1. The molecule has 3 heteroatoms. The number of thioether (sulfide) groups is 1. The van der Waals surface area contributed by atoms with E-state index in [1.165, 1.54) is 10.5 Å². The number of fused-ring (bicyclic) bond motifs is 1. The van der Waals surface area contributed by atoms with Gasteiger partial charge < -0.3 is 10.4 Å². The van der Waals surface area contributed by atoms with Crippen molar-refractivity contribution in [2.24, 2.45) is 5.92 Å². The van der Waals surface area contributed by atoms with Crippen LogP contribution in [0.1, 0.15) is 31.9 Å². The van der Waals surface area contributed by atoms with Gasteiger partial charge in [-0.3, -0.25) is 0 Å². The molecule has 2 N–H and O–H groups in total. The lowest BCUT2D eigenvalue weighted by atomic mass is 10.0. The van der Waals surface area contributed by atoms with Crippen LogP contribution in [0.15, 0.2) is 29.2 Å². The van der Waals surface area contributed by atoms with Gasteiger partial charge in [0, 0.05) is 22.7 Å². The summed E-state index contributed by atoms with van der Waals surface area (Å²) < 4.78 is 0. The van der Waals surface area contributed by atoms with Gasteiger partial charge in [0.1, 0.15) is 0 Å². The van der Waals surface area contributed by atoms with E-state index in [9.17, 15) is 5.11 Å². The first-order chi connectivity index (χ1) is 8.20. The molecule has 17 heavy (non-hydrogen) atoms. The highest BCUT2D eigenvalue weighted by Crippen LogP contribution is 2.38. The van der Waals surface area contributed by atoms with Crippen LogP contribution in [0, 0.1) is 5.92 Å². The van der Waals surface area contributed by atoms with Gasteiger partial charge in [0.2, 0.25) is 0 Å². The highest BCUT2D eigenvalue weighted by Gasteiger charge is 2.24. The van der Waals surface area contributed by atoms with Gasteiger partial charge in [0.25, 0.3) is 0 Å². The van der Waals surface area contributed by atoms with E-state index in [0.29, 0.717) is 12.0 Å². The maximum absolute atomic E-state index is 9.41. The summed E-state index contributed by atoms with van der Waals surface area (Å²) in [6.07, 6.45) is 1.03. The Hall–Kier alpha value is -0.510. The second-order valence-corrected chi connectivity index (χ2v) is 6.14. The quantitative estimate of drug-likeness (QED) is 0.844. The third kappa shape index (κ3) is 3.24. The van der Waals surface area contributed by atoms with Crippen molar-refractivity contribution in [2.75, 3.05) is 12.4 Å². The van der Waals surface area contributed by atoms with Crippen molar-refractivity contribution in [3.63, 3.8) is 0 Å². The summed E-state index contributed by atoms with van der Waals surface area (Å²) in [7, 11) is 0. The Balaban J connectivity index is 2.00. The molecule has 1 aromatic rings. The molecule has 1 heterocycles. The van der Waals surface area contributed by atoms with Gasteiger partial charge in [-0.05, 0) is 24.0 Å². The number of hydrogen-bond donors (Lipinski definition) is 2. The van der Waals surface area contributed by atoms with Crippen molar-refractivity contribution >= 4 is 11.8 Å². The summed E-state index contributed by atoms with van der Waals surface area (Å²) in [5.74, 6) is 1.69. The van der Waals surface area contributed by atoms with Gasteiger partial charge in [-0.15, -0.1) is 11.8 Å². The number of hydrogen-bond acceptors (Lipinski definition) is 3. The predicted octanol–water partition coefficient (Wildman–Crippen LogP) is 2.83. The van der Waals surface area contributed by atoms with E-state index in [-0.39, 0.29) is 12.6 Å². The molecule has 0 aromatic heterocycles. The maximum Gasteiger partial charge on any atom is 0.0584 e. The SMILES string of the molecule is CC(C)CC(CO)NC1CSc2ccccc21. The molecule has 1 aliphatic rings. The van der Waals surface area contributed by atoms with Crippen molar-refractivity contribution < 1.29 is 5.11 Å². The second kappa shape index (κ2) is 5.89. The largest absolute Gasteiger partial charge is 0.395 e. The van der Waals surface area contributed by atoms with Gasteiger partial charge in [-0.2, -0.15) is 0 Å². The van der Waals surface area contributed by atoms with Crippen LogP contribution in [0.4, 0.5) is 0 Å². The van der Waals surface area contributed by atoms with Crippen molar-refractivity contribution in [1.29, 1.82) is 0 Å². The first-order valence-electron chi connectivity index (χ1n) is 6.29. The lowest BCUT2D eigenvalue weighted by molar-refractivity contribution is 0.216. The minimum Gasteiger partial charge on any atom is -0.395 e. The maximum atomic E-state index is 9.41. The lowest BCUT2D eigenvalue weighted by Gasteiger charge is -2.23. The fourth-order valence-corrected chi connectivity index (χ4v) is 3.52. The summed E-state index contributed by atoms with van der Waals surface area (Å²) in [6.45, 7) is 4.62. The molecule has 2 rings (SSSR count). The molecule has 0 radical (unpaired) electrons. The average Bonchev–Trinajstić information content (AvgIpc) is 2.71. The van der Waals surface area contributed by atoms with Crippen molar-refractivity contribution in [3.05, 3.63) is 29.8 Å². The zero-order valence-corrected chi connectivity index (χ0v) is 11.3. The summed E-state index contributed by atoms with van der Waals surface area (Å²) in [6, 6.07) is 9.16. The summed E-state index contributed by atoms with van der Waals surface area (Å²) >= 11 is 1.90. The number of aliphatic hydroxyl groups is 1. The molecule has 94 valence electrons. The fourth-order valence-electron chi connectivity index (χ4n) is 2.35. The van der Waals surface area contributed by atoms with Gasteiger partial charge in [-0.1, -0.05) is 32.0 Å². The molecule has 0 saturated carbocycles. The molecule has 1 aromatic carbocycles. The van der Waals surface area contributed by atoms with Gasteiger partial charge >= 0.3 is 0 Å². The van der Waals surface area contributed by atoms with Crippen molar-refractivity contribution in [2.45, 2.75) is 37.2 Å². The average molecular weight is 251 g/mol. The molecule has 0 fully saturated rings. The Morgan fingerprint density at radius 1 is 1.41 bits per heavy atom. The van der Waals surface area contributed by atoms with Crippen LogP contribution in [0.2, 0.25) is 0 Å². The van der Waals surface area contributed by atoms with Crippen LogP contribution in [0.3, 0.4) is 0 Å². The zero-order chi connectivity index (χ0) is 12.3. The Labute approximate surface area is 108 Å². The molecule has 1 aliphatic heterocycles. The number of aliphatic hydroxyl groups excluding tert-OH is 1. The van der Waals surface area contributed by atoms with Crippen molar-refractivity contribution in [3.8, 4) is 0 Å². The highest BCUT2D eigenvalue weighted by molar-refractivity contribution is 7.99. The third-order valence-corrected chi connectivity index (χ3v) is 4.30. The monoisotopic (exact) mass is 251 g/mol. The zero-order valence-electron chi connectivity index (χ0n) is 10.5. The van der Waals surface area contributed by atoms with E-state index in [1.807, 2.05) is 11.8 Å². The first kappa shape index (κ1) is 12.9. The molecular weight excluding hydrogens is 230 g/mol. The molecule has 0 bridgehead atoms. The topological polar surface area (TPSA) is 32.3 Å².